The van der Waals surface area contributed by atoms with Gasteiger partial charge in [0.1, 0.15) is 0 Å². The minimum atomic E-state index is 0.325. The van der Waals surface area contributed by atoms with Gasteiger partial charge in [-0.2, -0.15) is 0 Å². The van der Waals surface area contributed by atoms with Crippen molar-refractivity contribution in [2.75, 3.05) is 26.2 Å². The van der Waals surface area contributed by atoms with Crippen LogP contribution in [0.4, 0.5) is 0 Å². The summed E-state index contributed by atoms with van der Waals surface area (Å²) in [4.78, 5) is 7.08. The van der Waals surface area contributed by atoms with Crippen LogP contribution < -0.4 is 5.32 Å². The Morgan fingerprint density at radius 2 is 2.48 bits per heavy atom. The third kappa shape index (κ3) is 3.95. The van der Waals surface area contributed by atoms with Gasteiger partial charge in [-0.25, -0.2) is 0 Å². The van der Waals surface area contributed by atoms with Crippen molar-refractivity contribution in [1.29, 1.82) is 0 Å². The Morgan fingerprint density at radius 1 is 1.52 bits per heavy atom. The van der Waals surface area contributed by atoms with Crippen molar-refractivity contribution in [3.63, 3.8) is 0 Å². The second kappa shape index (κ2) is 7.22. The molecule has 0 spiro atoms. The summed E-state index contributed by atoms with van der Waals surface area (Å²) in [5.74, 6) is 0. The lowest BCUT2D eigenvalue weighted by Gasteiger charge is -2.37. The first-order chi connectivity index (χ1) is 10.3. The molecule has 3 heterocycles. The highest BCUT2D eigenvalue weighted by Gasteiger charge is 2.25. The molecule has 1 saturated heterocycles. The van der Waals surface area contributed by atoms with Gasteiger partial charge in [0.05, 0.1) is 18.8 Å². The van der Waals surface area contributed by atoms with Crippen molar-refractivity contribution < 1.29 is 4.74 Å². The van der Waals surface area contributed by atoms with Gasteiger partial charge in [0.25, 0.3) is 0 Å². The average molecular weight is 305 g/mol. The van der Waals surface area contributed by atoms with Crippen molar-refractivity contribution in [3.05, 3.63) is 46.4 Å². The van der Waals surface area contributed by atoms with Gasteiger partial charge in [-0.3, -0.25) is 4.90 Å². The number of ether oxygens (including phenoxy) is 1. The number of thiophene rings is 1. The lowest BCUT2D eigenvalue weighted by Crippen LogP contribution is -2.45. The molecule has 2 unspecified atom stereocenters. The van der Waals surface area contributed by atoms with E-state index < -0.39 is 0 Å². The van der Waals surface area contributed by atoms with Crippen LogP contribution in [0, 0.1) is 0 Å². The number of aromatic amines is 1. The van der Waals surface area contributed by atoms with Crippen LogP contribution in [0.3, 0.4) is 0 Å². The summed E-state index contributed by atoms with van der Waals surface area (Å²) in [6.45, 7) is 6.89. The average Bonchev–Trinajstić information content (AvgIpc) is 3.17. The second-order valence-corrected chi connectivity index (χ2v) is 6.54. The van der Waals surface area contributed by atoms with Crippen molar-refractivity contribution >= 4 is 11.3 Å². The van der Waals surface area contributed by atoms with Crippen LogP contribution in [0.25, 0.3) is 0 Å². The van der Waals surface area contributed by atoms with Gasteiger partial charge in [0.15, 0.2) is 0 Å². The predicted molar refractivity (Wildman–Crippen MR) is 86.5 cm³/mol. The standard InChI is InChI=1S/C16H23N3OS/c1-13-12-19(6-7-20-13)15(16-3-2-8-21-16)11-18-10-14-4-5-17-9-14/h2-5,8-9,13,15,17-18H,6-7,10-12H2,1H3. The number of morpholine rings is 1. The molecule has 4 nitrogen and oxygen atoms in total. The second-order valence-electron chi connectivity index (χ2n) is 5.56. The van der Waals surface area contributed by atoms with Crippen molar-refractivity contribution in [3.8, 4) is 0 Å². The van der Waals surface area contributed by atoms with Crippen molar-refractivity contribution in [2.24, 2.45) is 0 Å². The lowest BCUT2D eigenvalue weighted by molar-refractivity contribution is -0.0339. The van der Waals surface area contributed by atoms with Gasteiger partial charge in [-0.15, -0.1) is 11.3 Å². The van der Waals surface area contributed by atoms with E-state index in [2.05, 4.69) is 45.7 Å². The van der Waals surface area contributed by atoms with Crippen LogP contribution in [0.2, 0.25) is 0 Å². The summed E-state index contributed by atoms with van der Waals surface area (Å²) in [5, 5.41) is 5.76. The first-order valence-corrected chi connectivity index (χ1v) is 8.42. The highest BCUT2D eigenvalue weighted by atomic mass is 32.1. The minimum absolute atomic E-state index is 0.325. The van der Waals surface area contributed by atoms with Gasteiger partial charge in [0, 0.05) is 43.4 Å². The third-order valence-electron chi connectivity index (χ3n) is 3.91. The summed E-state index contributed by atoms with van der Waals surface area (Å²) in [5.41, 5.74) is 1.30. The van der Waals surface area contributed by atoms with Gasteiger partial charge < -0.3 is 15.0 Å². The molecule has 0 radical (unpaired) electrons. The SMILES string of the molecule is CC1CN(C(CNCc2cc[nH]c2)c2cccs2)CCO1. The molecule has 3 rings (SSSR count). The Labute approximate surface area is 130 Å². The summed E-state index contributed by atoms with van der Waals surface area (Å²) < 4.78 is 5.68. The van der Waals surface area contributed by atoms with Crippen molar-refractivity contribution in [1.82, 2.24) is 15.2 Å². The van der Waals surface area contributed by atoms with E-state index in [0.717, 1.165) is 32.8 Å². The largest absolute Gasteiger partial charge is 0.376 e. The number of H-pyrrole nitrogens is 1. The topological polar surface area (TPSA) is 40.3 Å². The fraction of sp³-hybridized carbons (Fsp3) is 0.500. The maximum atomic E-state index is 5.68. The summed E-state index contributed by atoms with van der Waals surface area (Å²) in [7, 11) is 0. The molecule has 2 N–H and O–H groups in total. The van der Waals surface area contributed by atoms with E-state index in [1.807, 2.05) is 23.7 Å². The smallest absolute Gasteiger partial charge is 0.0674 e. The fourth-order valence-electron chi connectivity index (χ4n) is 2.84. The Hall–Kier alpha value is -1.14. The summed E-state index contributed by atoms with van der Waals surface area (Å²) in [6.07, 6.45) is 4.34. The van der Waals surface area contributed by atoms with Crippen LogP contribution in [-0.4, -0.2) is 42.2 Å². The molecule has 0 bridgehead atoms. The molecule has 1 aliphatic rings. The highest BCUT2D eigenvalue weighted by Crippen LogP contribution is 2.26. The molecule has 5 heteroatoms. The number of hydrogen-bond acceptors (Lipinski definition) is 4. The van der Waals surface area contributed by atoms with Crippen LogP contribution in [0.15, 0.2) is 36.0 Å². The Bertz CT molecular complexity index is 512. The Kier molecular flexibility index (Phi) is 5.08. The number of hydrogen-bond donors (Lipinski definition) is 2. The van der Waals surface area contributed by atoms with E-state index in [4.69, 9.17) is 4.74 Å². The zero-order chi connectivity index (χ0) is 14.5. The summed E-state index contributed by atoms with van der Waals surface area (Å²) >= 11 is 1.85. The monoisotopic (exact) mass is 305 g/mol. The number of aromatic nitrogens is 1. The zero-order valence-electron chi connectivity index (χ0n) is 12.4. The molecule has 114 valence electrons. The molecule has 0 amide bonds. The van der Waals surface area contributed by atoms with Gasteiger partial charge in [0.2, 0.25) is 0 Å². The molecule has 0 aromatic carbocycles. The fourth-order valence-corrected chi connectivity index (χ4v) is 3.70. The molecular weight excluding hydrogens is 282 g/mol. The van der Waals surface area contributed by atoms with Crippen LogP contribution in [-0.2, 0) is 11.3 Å². The first-order valence-electron chi connectivity index (χ1n) is 7.54. The minimum Gasteiger partial charge on any atom is -0.376 e. The summed E-state index contributed by atoms with van der Waals surface area (Å²) in [6, 6.07) is 6.94. The van der Waals surface area contributed by atoms with Gasteiger partial charge in [-0.05, 0) is 30.0 Å². The van der Waals surface area contributed by atoms with Crippen LogP contribution >= 0.6 is 11.3 Å². The predicted octanol–water partition coefficient (Wildman–Crippen LogP) is 2.63. The maximum absolute atomic E-state index is 5.68. The van der Waals surface area contributed by atoms with Crippen molar-refractivity contribution in [2.45, 2.75) is 25.6 Å². The molecule has 21 heavy (non-hydrogen) atoms. The molecule has 1 fully saturated rings. The Morgan fingerprint density at radius 3 is 3.19 bits per heavy atom. The van der Waals surface area contributed by atoms with E-state index in [0.29, 0.717) is 12.1 Å². The molecule has 2 aromatic heterocycles. The van der Waals surface area contributed by atoms with Gasteiger partial charge >= 0.3 is 0 Å². The quantitative estimate of drug-likeness (QED) is 0.862. The van der Waals surface area contributed by atoms with Crippen LogP contribution in [0.5, 0.6) is 0 Å². The van der Waals surface area contributed by atoms with E-state index >= 15 is 0 Å². The molecule has 0 saturated carbocycles. The molecular formula is C16H23N3OS. The van der Waals surface area contributed by atoms with E-state index in [1.165, 1.54) is 10.4 Å². The lowest BCUT2D eigenvalue weighted by atomic mass is 10.1. The Balaban J connectivity index is 1.62. The molecule has 0 aliphatic carbocycles. The van der Waals surface area contributed by atoms with E-state index in [-0.39, 0.29) is 0 Å². The highest BCUT2D eigenvalue weighted by molar-refractivity contribution is 7.10. The maximum Gasteiger partial charge on any atom is 0.0674 e. The van der Waals surface area contributed by atoms with E-state index in [1.54, 1.807) is 0 Å². The first kappa shape index (κ1) is 14.8. The number of nitrogens with one attached hydrogen (secondary N) is 2. The number of nitrogens with zero attached hydrogens (tertiary/aromatic N) is 1. The third-order valence-corrected chi connectivity index (χ3v) is 4.89. The molecule has 2 aromatic rings. The molecule has 2 atom stereocenters. The normalized spacial score (nSPS) is 21.5. The zero-order valence-corrected chi connectivity index (χ0v) is 13.2. The van der Waals surface area contributed by atoms with Crippen LogP contribution in [0.1, 0.15) is 23.4 Å². The van der Waals surface area contributed by atoms with Gasteiger partial charge in [-0.1, -0.05) is 6.07 Å². The number of rotatable bonds is 6. The van der Waals surface area contributed by atoms with E-state index in [9.17, 15) is 0 Å². The molecule has 1 aliphatic heterocycles.